The molecule has 0 bridgehead atoms. The maximum atomic E-state index is 13.8. The van der Waals surface area contributed by atoms with Crippen LogP contribution in [-0.4, -0.2) is 31.5 Å². The Bertz CT molecular complexity index is 1120. The van der Waals surface area contributed by atoms with E-state index in [0.29, 0.717) is 10.7 Å². The standard InChI is InChI=1S/C20H20ClF2N3O2S/c21-13-4-6-15(7-5-13)29(27,28)26-12-16(20(22)23)19-17(2-1-3-18(19)26)25-14-8-10-24-11-9-14/h1-7,12,14,20,24-25H,8-11H2. The molecule has 9 heteroatoms. The molecule has 154 valence electrons. The van der Waals surface area contributed by atoms with Crippen LogP contribution in [0.3, 0.4) is 0 Å². The number of rotatable bonds is 5. The molecule has 2 aromatic carbocycles. The zero-order chi connectivity index (χ0) is 20.6. The number of piperidine rings is 1. The maximum Gasteiger partial charge on any atom is 0.268 e. The van der Waals surface area contributed by atoms with E-state index >= 15 is 0 Å². The number of nitrogens with one attached hydrogen (secondary N) is 2. The maximum absolute atomic E-state index is 13.8. The molecule has 1 fully saturated rings. The predicted octanol–water partition coefficient (Wildman–Crippen LogP) is 4.63. The van der Waals surface area contributed by atoms with Crippen LogP contribution in [0.5, 0.6) is 0 Å². The zero-order valence-electron chi connectivity index (χ0n) is 15.4. The van der Waals surface area contributed by atoms with Crippen molar-refractivity contribution in [3.63, 3.8) is 0 Å². The minimum atomic E-state index is -4.06. The summed E-state index contributed by atoms with van der Waals surface area (Å²) in [5.74, 6) is 0. The highest BCUT2D eigenvalue weighted by Crippen LogP contribution is 2.37. The fourth-order valence-corrected chi connectivity index (χ4v) is 5.18. The molecule has 2 N–H and O–H groups in total. The first kappa shape index (κ1) is 20.1. The molecule has 0 radical (unpaired) electrons. The molecule has 0 aliphatic carbocycles. The third-order valence-electron chi connectivity index (χ3n) is 5.13. The topological polar surface area (TPSA) is 63.1 Å². The largest absolute Gasteiger partial charge is 0.382 e. The van der Waals surface area contributed by atoms with Gasteiger partial charge in [-0.15, -0.1) is 0 Å². The van der Waals surface area contributed by atoms with Crippen molar-refractivity contribution >= 4 is 38.2 Å². The lowest BCUT2D eigenvalue weighted by molar-refractivity contribution is 0.153. The summed E-state index contributed by atoms with van der Waals surface area (Å²) in [4.78, 5) is -0.0173. The highest BCUT2D eigenvalue weighted by molar-refractivity contribution is 7.90. The molecule has 1 aromatic heterocycles. The van der Waals surface area contributed by atoms with Gasteiger partial charge < -0.3 is 10.6 Å². The fourth-order valence-electron chi connectivity index (χ4n) is 3.68. The summed E-state index contributed by atoms with van der Waals surface area (Å²) < 4.78 is 54.9. The van der Waals surface area contributed by atoms with Gasteiger partial charge in [0.15, 0.2) is 0 Å². The summed E-state index contributed by atoms with van der Waals surface area (Å²) in [6.45, 7) is 1.70. The lowest BCUT2D eigenvalue weighted by Gasteiger charge is -2.25. The van der Waals surface area contributed by atoms with Crippen LogP contribution in [0.15, 0.2) is 53.6 Å². The molecule has 5 nitrogen and oxygen atoms in total. The number of halogens is 3. The van der Waals surface area contributed by atoms with Gasteiger partial charge >= 0.3 is 0 Å². The average Bonchev–Trinajstić information content (AvgIpc) is 3.11. The second kappa shape index (κ2) is 7.93. The molecule has 0 spiro atoms. The summed E-state index contributed by atoms with van der Waals surface area (Å²) >= 11 is 5.85. The summed E-state index contributed by atoms with van der Waals surface area (Å²) in [7, 11) is -4.06. The number of alkyl halides is 2. The van der Waals surface area contributed by atoms with Crippen LogP contribution in [-0.2, 0) is 10.0 Å². The van der Waals surface area contributed by atoms with E-state index in [4.69, 9.17) is 11.6 Å². The van der Waals surface area contributed by atoms with Gasteiger partial charge in [-0.3, -0.25) is 0 Å². The Morgan fingerprint density at radius 2 is 1.79 bits per heavy atom. The molecule has 1 aliphatic rings. The number of nitrogens with zero attached hydrogens (tertiary/aromatic N) is 1. The second-order valence-electron chi connectivity index (χ2n) is 7.01. The molecular weight excluding hydrogens is 420 g/mol. The molecule has 29 heavy (non-hydrogen) atoms. The lowest BCUT2D eigenvalue weighted by atomic mass is 10.0. The molecular formula is C20H20ClF2N3O2S. The summed E-state index contributed by atoms with van der Waals surface area (Å²) in [6.07, 6.45) is -0.0588. The molecule has 3 aromatic rings. The van der Waals surface area contributed by atoms with Crippen LogP contribution in [0.1, 0.15) is 24.8 Å². The second-order valence-corrected chi connectivity index (χ2v) is 9.26. The number of hydrogen-bond acceptors (Lipinski definition) is 4. The van der Waals surface area contributed by atoms with Crippen LogP contribution in [0.25, 0.3) is 10.9 Å². The predicted molar refractivity (Wildman–Crippen MR) is 110 cm³/mol. The van der Waals surface area contributed by atoms with E-state index in [9.17, 15) is 17.2 Å². The molecule has 2 heterocycles. The minimum Gasteiger partial charge on any atom is -0.382 e. The lowest BCUT2D eigenvalue weighted by Crippen LogP contribution is -2.35. The SMILES string of the molecule is O=S(=O)(c1ccc(Cl)cc1)n1cc(C(F)F)c2c(NC3CCNCC3)cccc21. The molecule has 0 saturated carbocycles. The van der Waals surface area contributed by atoms with Crippen molar-refractivity contribution in [1.82, 2.24) is 9.29 Å². The van der Waals surface area contributed by atoms with E-state index in [2.05, 4.69) is 10.6 Å². The number of benzene rings is 2. The molecule has 4 rings (SSSR count). The van der Waals surface area contributed by atoms with Crippen LogP contribution < -0.4 is 10.6 Å². The van der Waals surface area contributed by atoms with E-state index in [1.807, 2.05) is 0 Å². The summed E-state index contributed by atoms with van der Waals surface area (Å²) in [5.41, 5.74) is 0.429. The molecule has 0 atom stereocenters. The molecule has 1 aliphatic heterocycles. The number of fused-ring (bicyclic) bond motifs is 1. The third kappa shape index (κ3) is 3.84. The number of anilines is 1. The Kier molecular flexibility index (Phi) is 5.50. The van der Waals surface area contributed by atoms with Gasteiger partial charge in [0.2, 0.25) is 0 Å². The zero-order valence-corrected chi connectivity index (χ0v) is 17.0. The third-order valence-corrected chi connectivity index (χ3v) is 7.07. The van der Waals surface area contributed by atoms with Gasteiger partial charge in [0.25, 0.3) is 16.4 Å². The van der Waals surface area contributed by atoms with Crippen molar-refractivity contribution in [1.29, 1.82) is 0 Å². The Morgan fingerprint density at radius 3 is 2.45 bits per heavy atom. The monoisotopic (exact) mass is 439 g/mol. The van der Waals surface area contributed by atoms with Crippen LogP contribution >= 0.6 is 11.6 Å². The van der Waals surface area contributed by atoms with Gasteiger partial charge in [0.05, 0.1) is 10.4 Å². The van der Waals surface area contributed by atoms with E-state index in [1.165, 1.54) is 24.3 Å². The van der Waals surface area contributed by atoms with Gasteiger partial charge in [-0.1, -0.05) is 17.7 Å². The van der Waals surface area contributed by atoms with Crippen molar-refractivity contribution < 1.29 is 17.2 Å². The van der Waals surface area contributed by atoms with E-state index < -0.39 is 16.4 Å². The van der Waals surface area contributed by atoms with Crippen molar-refractivity contribution in [3.05, 3.63) is 59.2 Å². The molecule has 0 unspecified atom stereocenters. The number of hydrogen-bond donors (Lipinski definition) is 2. The summed E-state index contributed by atoms with van der Waals surface area (Å²) in [6, 6.07) is 10.7. The first-order chi connectivity index (χ1) is 13.9. The normalized spacial score (nSPS) is 15.9. The highest BCUT2D eigenvalue weighted by atomic mass is 35.5. The van der Waals surface area contributed by atoms with Gasteiger partial charge in [-0.2, -0.15) is 0 Å². The molecule has 0 amide bonds. The highest BCUT2D eigenvalue weighted by Gasteiger charge is 2.26. The van der Waals surface area contributed by atoms with E-state index in [1.54, 1.807) is 18.2 Å². The van der Waals surface area contributed by atoms with Crippen molar-refractivity contribution in [2.45, 2.75) is 30.2 Å². The number of aromatic nitrogens is 1. The first-order valence-corrected chi connectivity index (χ1v) is 11.1. The quantitative estimate of drug-likeness (QED) is 0.608. The van der Waals surface area contributed by atoms with Crippen LogP contribution in [0.4, 0.5) is 14.5 Å². The first-order valence-electron chi connectivity index (χ1n) is 9.28. The Hall–Kier alpha value is -2.16. The van der Waals surface area contributed by atoms with Crippen molar-refractivity contribution in [2.75, 3.05) is 18.4 Å². The van der Waals surface area contributed by atoms with Gasteiger partial charge in [-0.05, 0) is 62.3 Å². The Balaban J connectivity index is 1.85. The van der Waals surface area contributed by atoms with Gasteiger partial charge in [0.1, 0.15) is 0 Å². The van der Waals surface area contributed by atoms with Crippen LogP contribution in [0.2, 0.25) is 5.02 Å². The fraction of sp³-hybridized carbons (Fsp3) is 0.300. The van der Waals surface area contributed by atoms with Gasteiger partial charge in [0, 0.05) is 33.9 Å². The van der Waals surface area contributed by atoms with Crippen LogP contribution in [0, 0.1) is 0 Å². The molecule has 1 saturated heterocycles. The van der Waals surface area contributed by atoms with Crippen molar-refractivity contribution in [3.8, 4) is 0 Å². The Morgan fingerprint density at radius 1 is 1.10 bits per heavy atom. The Labute approximate surface area is 172 Å². The minimum absolute atomic E-state index is 0.0173. The average molecular weight is 440 g/mol. The smallest absolute Gasteiger partial charge is 0.268 e. The van der Waals surface area contributed by atoms with E-state index in [0.717, 1.165) is 36.1 Å². The van der Waals surface area contributed by atoms with Crippen molar-refractivity contribution in [2.24, 2.45) is 0 Å². The van der Waals surface area contributed by atoms with Gasteiger partial charge in [-0.25, -0.2) is 21.2 Å². The summed E-state index contributed by atoms with van der Waals surface area (Å²) in [5, 5.41) is 7.22. The van der Waals surface area contributed by atoms with E-state index in [-0.39, 0.29) is 27.4 Å².